The normalized spacial score (nSPS) is 8.44. The van der Waals surface area contributed by atoms with Gasteiger partial charge in [-0.1, -0.05) is 12.1 Å². The van der Waals surface area contributed by atoms with Gasteiger partial charge in [0.15, 0.2) is 0 Å². The van der Waals surface area contributed by atoms with Gasteiger partial charge in [0.2, 0.25) is 0 Å². The molecule has 0 unspecified atom stereocenters. The molecule has 1 rings (SSSR count). The molecule has 0 spiro atoms. The van der Waals surface area contributed by atoms with E-state index in [2.05, 4.69) is 10.8 Å². The Morgan fingerprint density at radius 1 is 1.67 bits per heavy atom. The fourth-order valence-corrected chi connectivity index (χ4v) is 0.506. The number of carbonyl (C=O) groups excluding carboxylic acids is 1. The molecule has 0 bridgehead atoms. The van der Waals surface area contributed by atoms with Gasteiger partial charge in [0.05, 0.1) is 0 Å². The first-order valence-corrected chi connectivity index (χ1v) is 2.50. The highest BCUT2D eigenvalue weighted by Gasteiger charge is 1.84. The highest BCUT2D eigenvalue weighted by molar-refractivity contribution is 5.44. The third kappa shape index (κ3) is 1.57. The van der Waals surface area contributed by atoms with Crippen molar-refractivity contribution >= 4 is 6.47 Å². The SMILES string of the molecule is O=COc1c[c]ccc1. The number of carbonyl (C=O) groups is 1. The molecule has 1 aromatic carbocycles. The van der Waals surface area contributed by atoms with Crippen molar-refractivity contribution in [2.24, 2.45) is 0 Å². The third-order valence-electron chi connectivity index (χ3n) is 0.863. The van der Waals surface area contributed by atoms with Gasteiger partial charge in [0, 0.05) is 0 Å². The van der Waals surface area contributed by atoms with Gasteiger partial charge in [-0.3, -0.25) is 4.79 Å². The average molecular weight is 121 g/mol. The van der Waals surface area contributed by atoms with Crippen molar-refractivity contribution in [2.75, 3.05) is 0 Å². The lowest BCUT2D eigenvalue weighted by Crippen LogP contribution is -1.86. The summed E-state index contributed by atoms with van der Waals surface area (Å²) in [5, 5.41) is 0. The van der Waals surface area contributed by atoms with Crippen LogP contribution in [0.15, 0.2) is 24.3 Å². The van der Waals surface area contributed by atoms with E-state index < -0.39 is 0 Å². The van der Waals surface area contributed by atoms with Crippen LogP contribution in [0.2, 0.25) is 0 Å². The molecule has 0 aliphatic heterocycles. The number of ether oxygens (including phenoxy) is 1. The zero-order valence-electron chi connectivity index (χ0n) is 4.70. The predicted octanol–water partition coefficient (Wildman–Crippen LogP) is 1.02. The molecule has 0 saturated carbocycles. The Hall–Kier alpha value is -1.31. The van der Waals surface area contributed by atoms with Crippen LogP contribution in [0.3, 0.4) is 0 Å². The summed E-state index contributed by atoms with van der Waals surface area (Å²) in [7, 11) is 0. The number of benzene rings is 1. The number of hydrogen-bond donors (Lipinski definition) is 0. The molecule has 0 saturated heterocycles. The maximum atomic E-state index is 9.74. The summed E-state index contributed by atoms with van der Waals surface area (Å²) in [6, 6.07) is 9.52. The van der Waals surface area contributed by atoms with Crippen LogP contribution in [0.25, 0.3) is 0 Å². The molecule has 0 fully saturated rings. The van der Waals surface area contributed by atoms with Crippen molar-refractivity contribution in [2.45, 2.75) is 0 Å². The molecule has 45 valence electrons. The fraction of sp³-hybridized carbons (Fsp3) is 0. The topological polar surface area (TPSA) is 26.3 Å². The van der Waals surface area contributed by atoms with E-state index >= 15 is 0 Å². The van der Waals surface area contributed by atoms with Gasteiger partial charge in [0.25, 0.3) is 6.47 Å². The van der Waals surface area contributed by atoms with Crippen LogP contribution in [0.5, 0.6) is 5.75 Å². The minimum absolute atomic E-state index is 0.392. The summed E-state index contributed by atoms with van der Waals surface area (Å²) in [5.74, 6) is 0.521. The summed E-state index contributed by atoms with van der Waals surface area (Å²) >= 11 is 0. The standard InChI is InChI=1S/C7H5O2/c8-6-9-7-4-2-1-3-5-7/h1-2,4-6H. The fourth-order valence-electron chi connectivity index (χ4n) is 0.506. The van der Waals surface area contributed by atoms with Gasteiger partial charge in [-0.05, 0) is 18.2 Å². The first kappa shape index (κ1) is 5.82. The van der Waals surface area contributed by atoms with Crippen LogP contribution in [0.4, 0.5) is 0 Å². The number of hydrogen-bond acceptors (Lipinski definition) is 2. The van der Waals surface area contributed by atoms with Crippen molar-refractivity contribution in [1.82, 2.24) is 0 Å². The lowest BCUT2D eigenvalue weighted by Gasteiger charge is -1.91. The van der Waals surface area contributed by atoms with Crippen molar-refractivity contribution in [3.05, 3.63) is 30.3 Å². The molecule has 0 atom stereocenters. The van der Waals surface area contributed by atoms with Gasteiger partial charge in [-0.2, -0.15) is 0 Å². The van der Waals surface area contributed by atoms with Crippen molar-refractivity contribution in [3.8, 4) is 5.75 Å². The quantitative estimate of drug-likeness (QED) is 0.546. The largest absolute Gasteiger partial charge is 0.429 e. The second kappa shape index (κ2) is 2.87. The summed E-state index contributed by atoms with van der Waals surface area (Å²) in [6.45, 7) is 0.392. The van der Waals surface area contributed by atoms with Gasteiger partial charge in [0.1, 0.15) is 5.75 Å². The van der Waals surface area contributed by atoms with E-state index in [-0.39, 0.29) is 0 Å². The minimum atomic E-state index is 0.392. The maximum absolute atomic E-state index is 9.74. The number of rotatable bonds is 2. The molecule has 1 aromatic rings. The molecule has 0 aromatic heterocycles. The van der Waals surface area contributed by atoms with E-state index in [1.165, 1.54) is 0 Å². The van der Waals surface area contributed by atoms with Crippen LogP contribution < -0.4 is 4.74 Å². The zero-order valence-corrected chi connectivity index (χ0v) is 4.70. The summed E-state index contributed by atoms with van der Waals surface area (Å²) in [6.07, 6.45) is 0. The first-order valence-electron chi connectivity index (χ1n) is 2.50. The van der Waals surface area contributed by atoms with Gasteiger partial charge >= 0.3 is 0 Å². The summed E-state index contributed by atoms with van der Waals surface area (Å²) in [5.41, 5.74) is 0. The van der Waals surface area contributed by atoms with Crippen LogP contribution >= 0.6 is 0 Å². The Morgan fingerprint density at radius 2 is 2.56 bits per heavy atom. The van der Waals surface area contributed by atoms with Crippen molar-refractivity contribution in [3.63, 3.8) is 0 Å². The molecular formula is C7H5O2. The van der Waals surface area contributed by atoms with Crippen LogP contribution in [0, 0.1) is 6.07 Å². The van der Waals surface area contributed by atoms with E-state index in [0.29, 0.717) is 12.2 Å². The van der Waals surface area contributed by atoms with Crippen LogP contribution in [0.1, 0.15) is 0 Å². The highest BCUT2D eigenvalue weighted by Crippen LogP contribution is 2.05. The van der Waals surface area contributed by atoms with Gasteiger partial charge in [-0.25, -0.2) is 0 Å². The van der Waals surface area contributed by atoms with Crippen molar-refractivity contribution < 1.29 is 9.53 Å². The van der Waals surface area contributed by atoms with Crippen LogP contribution in [-0.4, -0.2) is 6.47 Å². The van der Waals surface area contributed by atoms with E-state index in [1.807, 2.05) is 0 Å². The van der Waals surface area contributed by atoms with E-state index in [0.717, 1.165) is 0 Å². The van der Waals surface area contributed by atoms with Crippen molar-refractivity contribution in [1.29, 1.82) is 0 Å². The molecule has 0 aliphatic carbocycles. The zero-order chi connectivity index (χ0) is 6.53. The molecule has 1 radical (unpaired) electrons. The van der Waals surface area contributed by atoms with E-state index in [4.69, 9.17) is 0 Å². The Labute approximate surface area is 53.1 Å². The average Bonchev–Trinajstić information content (AvgIpc) is 1.91. The molecular weight excluding hydrogens is 116 g/mol. The monoisotopic (exact) mass is 121 g/mol. The second-order valence-electron chi connectivity index (χ2n) is 1.45. The molecule has 0 amide bonds. The van der Waals surface area contributed by atoms with Gasteiger partial charge in [-0.15, -0.1) is 0 Å². The molecule has 0 N–H and O–H groups in total. The molecule has 0 heterocycles. The second-order valence-corrected chi connectivity index (χ2v) is 1.45. The Bertz CT molecular complexity index is 181. The molecule has 2 heteroatoms. The van der Waals surface area contributed by atoms with Gasteiger partial charge < -0.3 is 4.74 Å². The third-order valence-corrected chi connectivity index (χ3v) is 0.863. The lowest BCUT2D eigenvalue weighted by atomic mass is 10.3. The Kier molecular flexibility index (Phi) is 1.85. The lowest BCUT2D eigenvalue weighted by molar-refractivity contribution is -0.120. The smallest absolute Gasteiger partial charge is 0.298 e. The van der Waals surface area contributed by atoms with E-state index in [9.17, 15) is 4.79 Å². The maximum Gasteiger partial charge on any atom is 0.298 e. The Morgan fingerprint density at radius 3 is 3.11 bits per heavy atom. The molecule has 2 nitrogen and oxygen atoms in total. The summed E-state index contributed by atoms with van der Waals surface area (Å²) < 4.78 is 4.49. The Balaban J connectivity index is 2.72. The molecule has 0 aliphatic rings. The predicted molar refractivity (Wildman–Crippen MR) is 32.0 cm³/mol. The summed E-state index contributed by atoms with van der Waals surface area (Å²) in [4.78, 5) is 9.74. The van der Waals surface area contributed by atoms with Crippen LogP contribution in [-0.2, 0) is 4.79 Å². The van der Waals surface area contributed by atoms with E-state index in [1.54, 1.807) is 24.3 Å². The molecule has 9 heavy (non-hydrogen) atoms. The first-order chi connectivity index (χ1) is 4.43. The minimum Gasteiger partial charge on any atom is -0.429 e. The highest BCUT2D eigenvalue weighted by atomic mass is 16.5.